The van der Waals surface area contributed by atoms with Gasteiger partial charge in [-0.05, 0) is 157 Å². The van der Waals surface area contributed by atoms with E-state index >= 15 is 0 Å². The largest absolute Gasteiger partial charge is 0.489 e. The Morgan fingerprint density at radius 3 is 1.03 bits per heavy atom. The Hall–Kier alpha value is -10.3. The van der Waals surface area contributed by atoms with E-state index < -0.39 is 7.12 Å². The Morgan fingerprint density at radius 1 is 0.256 bits per heavy atom. The molecule has 0 aliphatic carbocycles. The summed E-state index contributed by atoms with van der Waals surface area (Å²) in [6.07, 6.45) is 0. The number of hydrogen-bond acceptors (Lipinski definition) is 4. The molecule has 18 aromatic rings. The molecule has 86 heavy (non-hydrogen) atoms. The number of furan rings is 2. The van der Waals surface area contributed by atoms with Crippen LogP contribution in [-0.4, -0.2) is 17.2 Å². The molecule has 2 N–H and O–H groups in total. The second kappa shape index (κ2) is 21.1. The average Bonchev–Trinajstić information content (AvgIpc) is 1.29. The van der Waals surface area contributed by atoms with Crippen molar-refractivity contribution in [3.63, 3.8) is 0 Å². The summed E-state index contributed by atoms with van der Waals surface area (Å²) in [5.74, 6) is 0. The minimum atomic E-state index is -1.53. The van der Waals surface area contributed by atoms with Crippen LogP contribution in [0.15, 0.2) is 304 Å². The zero-order valence-electron chi connectivity index (χ0n) is 46.4. The lowest BCUT2D eigenvalue weighted by Crippen LogP contribution is -2.31. The molecular formula is C80H50BBrO4. The van der Waals surface area contributed by atoms with Crippen LogP contribution in [0.2, 0.25) is 0 Å². The van der Waals surface area contributed by atoms with Crippen LogP contribution in [0.5, 0.6) is 0 Å². The maximum absolute atomic E-state index is 10.1. The van der Waals surface area contributed by atoms with Crippen LogP contribution in [0.1, 0.15) is 0 Å². The molecule has 6 heteroatoms. The summed E-state index contributed by atoms with van der Waals surface area (Å²) in [6.45, 7) is 0. The standard InChI is InChI=1S/C40H24O.C24H17BO2.C16H9BrO/c1-3-13-28-25(10-1)12-9-19-30(28)39-33-17-7-5-15-31(33)38(32-16-6-8-18-34(32)39)27-21-23-37-36(24-27)35-22-20-26-11-2-4-14-29(26)40(35)41-37;26-25(27)24-21-13-5-3-11-19(21)23(20-12-4-6-14-22(20)24)18-15-7-9-16-8-1-2-10-17(16)18;17-11-6-8-15-14(9-11)13-7-5-10-3-1-2-4-12(10)16(13)18-15/h1-24H;1-15,26-27H;1-9H. The van der Waals surface area contributed by atoms with E-state index in [9.17, 15) is 10.0 Å². The maximum Gasteiger partial charge on any atom is 0.489 e. The van der Waals surface area contributed by atoms with Crippen LogP contribution >= 0.6 is 15.9 Å². The summed E-state index contributed by atoms with van der Waals surface area (Å²) < 4.78 is 13.5. The van der Waals surface area contributed by atoms with Gasteiger partial charge in [-0.25, -0.2) is 0 Å². The monoisotopic (exact) mass is 1160 g/mol. The van der Waals surface area contributed by atoms with Crippen LogP contribution in [0.4, 0.5) is 0 Å². The fourth-order valence-corrected chi connectivity index (χ4v) is 13.8. The molecule has 2 heterocycles. The van der Waals surface area contributed by atoms with E-state index in [1.807, 2.05) is 66.7 Å². The number of hydrogen-bond donors (Lipinski definition) is 2. The molecule has 0 amide bonds. The minimum Gasteiger partial charge on any atom is -0.455 e. The molecule has 0 radical (unpaired) electrons. The lowest BCUT2D eigenvalue weighted by Gasteiger charge is -2.18. The van der Waals surface area contributed by atoms with Crippen LogP contribution in [0.3, 0.4) is 0 Å². The van der Waals surface area contributed by atoms with Crippen molar-refractivity contribution in [1.82, 2.24) is 0 Å². The van der Waals surface area contributed by atoms with Crippen molar-refractivity contribution in [2.75, 3.05) is 0 Å². The van der Waals surface area contributed by atoms with Crippen molar-refractivity contribution in [1.29, 1.82) is 0 Å². The molecule has 0 fully saturated rings. The zero-order chi connectivity index (χ0) is 57.4. The molecule has 0 unspecified atom stereocenters. The van der Waals surface area contributed by atoms with Gasteiger partial charge in [0.1, 0.15) is 22.3 Å². The first-order valence-corrected chi connectivity index (χ1v) is 29.8. The highest BCUT2D eigenvalue weighted by Gasteiger charge is 2.24. The highest BCUT2D eigenvalue weighted by molar-refractivity contribution is 9.10. The smallest absolute Gasteiger partial charge is 0.455 e. The first-order chi connectivity index (χ1) is 42.4. The van der Waals surface area contributed by atoms with E-state index in [0.717, 1.165) is 81.0 Å². The predicted molar refractivity (Wildman–Crippen MR) is 368 cm³/mol. The third kappa shape index (κ3) is 8.52. The summed E-state index contributed by atoms with van der Waals surface area (Å²) >= 11 is 3.51. The molecule has 0 saturated carbocycles. The summed E-state index contributed by atoms with van der Waals surface area (Å²) in [5, 5.41) is 43.3. The summed E-state index contributed by atoms with van der Waals surface area (Å²) in [7, 11) is -1.53. The quantitative estimate of drug-likeness (QED) is 0.136. The number of halogens is 1. The van der Waals surface area contributed by atoms with E-state index in [4.69, 9.17) is 8.83 Å². The minimum absolute atomic E-state index is 0.560. The first-order valence-electron chi connectivity index (χ1n) is 29.0. The van der Waals surface area contributed by atoms with Crippen LogP contribution in [0, 0.1) is 0 Å². The molecule has 0 aliphatic heterocycles. The Balaban J connectivity index is 0.000000114. The van der Waals surface area contributed by atoms with Gasteiger partial charge in [-0.3, -0.25) is 0 Å². The molecule has 0 spiro atoms. The Kier molecular flexibility index (Phi) is 12.6. The Bertz CT molecular complexity index is 5620. The highest BCUT2D eigenvalue weighted by Crippen LogP contribution is 2.47. The number of benzene rings is 16. The van der Waals surface area contributed by atoms with Crippen LogP contribution in [-0.2, 0) is 0 Å². The SMILES string of the molecule is Brc1ccc2oc3c4ccccc4ccc3c2c1.OB(O)c1c2ccccc2c(-c2cccc3ccccc23)c2ccccc12.c1ccc2c(-c3c4ccccc4c(-c4ccc5oc6c7ccccc7ccc6c5c4)c4ccccc34)cccc2c1. The molecule has 0 saturated heterocycles. The summed E-state index contributed by atoms with van der Waals surface area (Å²) in [5.41, 5.74) is 11.6. The van der Waals surface area contributed by atoms with Crippen LogP contribution in [0.25, 0.3) is 163 Å². The molecule has 0 atom stereocenters. The number of rotatable bonds is 4. The molecule has 16 aromatic carbocycles. The second-order valence-electron chi connectivity index (χ2n) is 22.0. The average molecular weight is 1170 g/mol. The van der Waals surface area contributed by atoms with Crippen molar-refractivity contribution in [2.45, 2.75) is 0 Å². The van der Waals surface area contributed by atoms with Gasteiger partial charge in [0.25, 0.3) is 0 Å². The second-order valence-corrected chi connectivity index (χ2v) is 22.9. The maximum atomic E-state index is 10.1. The Morgan fingerprint density at radius 2 is 0.593 bits per heavy atom. The molecule has 0 bridgehead atoms. The van der Waals surface area contributed by atoms with Crippen molar-refractivity contribution in [3.8, 4) is 33.4 Å². The van der Waals surface area contributed by atoms with Gasteiger partial charge in [0.15, 0.2) is 0 Å². The molecular weight excluding hydrogens is 1120 g/mol. The van der Waals surface area contributed by atoms with Crippen LogP contribution < -0.4 is 5.46 Å². The summed E-state index contributed by atoms with van der Waals surface area (Å²) in [6, 6.07) is 102. The van der Waals surface area contributed by atoms with Crippen molar-refractivity contribution < 1.29 is 18.9 Å². The van der Waals surface area contributed by atoms with Gasteiger partial charge in [0.2, 0.25) is 0 Å². The van der Waals surface area contributed by atoms with E-state index in [0.29, 0.717) is 5.46 Å². The van der Waals surface area contributed by atoms with Gasteiger partial charge < -0.3 is 18.9 Å². The van der Waals surface area contributed by atoms with Crippen molar-refractivity contribution >= 4 is 159 Å². The fraction of sp³-hybridized carbons (Fsp3) is 0. The lowest BCUT2D eigenvalue weighted by molar-refractivity contribution is 0.426. The van der Waals surface area contributed by atoms with E-state index in [-0.39, 0.29) is 0 Å². The molecule has 2 aromatic heterocycles. The molecule has 4 nitrogen and oxygen atoms in total. The first kappa shape index (κ1) is 51.3. The normalized spacial score (nSPS) is 11.7. The van der Waals surface area contributed by atoms with Gasteiger partial charge in [-0.1, -0.05) is 265 Å². The third-order valence-electron chi connectivity index (χ3n) is 17.3. The lowest BCUT2D eigenvalue weighted by atomic mass is 9.72. The van der Waals surface area contributed by atoms with Gasteiger partial charge in [0.05, 0.1) is 0 Å². The Labute approximate surface area is 503 Å². The molecule has 0 aliphatic rings. The van der Waals surface area contributed by atoms with Gasteiger partial charge >= 0.3 is 7.12 Å². The third-order valence-corrected chi connectivity index (χ3v) is 17.7. The van der Waals surface area contributed by atoms with Crippen molar-refractivity contribution in [2.24, 2.45) is 0 Å². The van der Waals surface area contributed by atoms with Gasteiger partial charge in [0, 0.05) is 36.8 Å². The van der Waals surface area contributed by atoms with E-state index in [2.05, 4.69) is 240 Å². The predicted octanol–water partition coefficient (Wildman–Crippen LogP) is 21.5. The molecule has 404 valence electrons. The topological polar surface area (TPSA) is 66.7 Å². The summed E-state index contributed by atoms with van der Waals surface area (Å²) in [4.78, 5) is 0. The van der Waals surface area contributed by atoms with Crippen molar-refractivity contribution in [3.05, 3.63) is 296 Å². The van der Waals surface area contributed by atoms with E-state index in [1.165, 1.54) is 86.9 Å². The van der Waals surface area contributed by atoms with Gasteiger partial charge in [-0.15, -0.1) is 0 Å². The fourth-order valence-electron chi connectivity index (χ4n) is 13.5. The van der Waals surface area contributed by atoms with Gasteiger partial charge in [-0.2, -0.15) is 0 Å². The van der Waals surface area contributed by atoms with E-state index in [1.54, 1.807) is 0 Å². The molecule has 18 rings (SSSR count). The number of fused-ring (bicyclic) bond motifs is 16. The highest BCUT2D eigenvalue weighted by atomic mass is 79.9. The zero-order valence-corrected chi connectivity index (χ0v) is 48.0.